The van der Waals surface area contributed by atoms with Gasteiger partial charge in [-0.2, -0.15) is 0 Å². The third-order valence-corrected chi connectivity index (χ3v) is 7.41. The third-order valence-electron chi connectivity index (χ3n) is 7.41. The van der Waals surface area contributed by atoms with Crippen LogP contribution in [0.25, 0.3) is 22.5 Å². The molecule has 0 radical (unpaired) electrons. The lowest BCUT2D eigenvalue weighted by atomic mass is 10.0. The van der Waals surface area contributed by atoms with Gasteiger partial charge in [0.2, 0.25) is 11.8 Å². The van der Waals surface area contributed by atoms with Crippen LogP contribution in [0, 0.1) is 0 Å². The van der Waals surface area contributed by atoms with Gasteiger partial charge in [-0.25, -0.2) is 4.98 Å². The summed E-state index contributed by atoms with van der Waals surface area (Å²) in [6.45, 7) is 0.706. The zero-order valence-corrected chi connectivity index (χ0v) is 22.2. The van der Waals surface area contributed by atoms with E-state index < -0.39 is 11.9 Å². The monoisotopic (exact) mass is 536 g/mol. The molecule has 2 aliphatic heterocycles. The van der Waals surface area contributed by atoms with Crippen LogP contribution < -0.4 is 14.8 Å². The first-order valence-corrected chi connectivity index (χ1v) is 13.1. The molecule has 1 saturated heterocycles. The molecule has 4 aromatic rings. The van der Waals surface area contributed by atoms with Gasteiger partial charge in [0.15, 0.2) is 11.5 Å². The van der Waals surface area contributed by atoms with Gasteiger partial charge >= 0.3 is 0 Å². The molecule has 1 N–H and O–H groups in total. The van der Waals surface area contributed by atoms with Gasteiger partial charge in [-0.3, -0.25) is 19.7 Å². The Morgan fingerprint density at radius 3 is 2.55 bits per heavy atom. The van der Waals surface area contributed by atoms with E-state index in [0.717, 1.165) is 33.6 Å². The van der Waals surface area contributed by atoms with Gasteiger partial charge in [0.1, 0.15) is 12.6 Å². The Morgan fingerprint density at radius 1 is 0.975 bits per heavy atom. The molecule has 3 aromatic carbocycles. The summed E-state index contributed by atoms with van der Waals surface area (Å²) in [6.07, 6.45) is 2.30. The van der Waals surface area contributed by atoms with Crippen LogP contribution in [0.15, 0.2) is 73.1 Å². The predicted octanol–water partition coefficient (Wildman–Crippen LogP) is 4.10. The SMILES string of the molecule is COc1ccc(-c2c(-c3ccc4c(c3)CN(C3CCC(=O)NC3=O)C4=O)ncn2C)cc1OCc1ccccc1. The minimum absolute atomic E-state index is 0.201. The Kier molecular flexibility index (Phi) is 6.55. The summed E-state index contributed by atoms with van der Waals surface area (Å²) in [5.41, 5.74) is 5.85. The highest BCUT2D eigenvalue weighted by atomic mass is 16.5. The number of imidazole rings is 1. The highest BCUT2D eigenvalue weighted by molar-refractivity contribution is 6.05. The van der Waals surface area contributed by atoms with Crippen LogP contribution in [-0.2, 0) is 29.8 Å². The quantitative estimate of drug-likeness (QED) is 0.357. The smallest absolute Gasteiger partial charge is 0.255 e. The molecule has 1 fully saturated rings. The Labute approximate surface area is 231 Å². The van der Waals surface area contributed by atoms with Crippen LogP contribution in [0.5, 0.6) is 11.5 Å². The summed E-state index contributed by atoms with van der Waals surface area (Å²) in [6, 6.07) is 20.7. The summed E-state index contributed by atoms with van der Waals surface area (Å²) in [4.78, 5) is 43.4. The lowest BCUT2D eigenvalue weighted by Gasteiger charge is -2.29. The van der Waals surface area contributed by atoms with Crippen LogP contribution in [0.1, 0.15) is 34.3 Å². The standard InChI is InChI=1S/C31H28N4O5/c1-34-18-32-28(29(34)21-9-12-25(39-2)26(15-21)40-17-19-6-4-3-5-7-19)20-8-10-23-22(14-20)16-35(31(23)38)24-11-13-27(36)33-30(24)37/h3-10,12,14-15,18,24H,11,13,16-17H2,1-2H3,(H,33,36,37). The molecule has 1 atom stereocenters. The van der Waals surface area contributed by atoms with Crippen LogP contribution in [-0.4, -0.2) is 45.3 Å². The molecule has 0 spiro atoms. The number of carbonyl (C=O) groups is 3. The summed E-state index contributed by atoms with van der Waals surface area (Å²) in [7, 11) is 3.55. The lowest BCUT2D eigenvalue weighted by Crippen LogP contribution is -2.52. The van der Waals surface area contributed by atoms with E-state index in [1.54, 1.807) is 24.4 Å². The number of nitrogens with zero attached hydrogens (tertiary/aromatic N) is 3. The Morgan fingerprint density at radius 2 is 1.77 bits per heavy atom. The van der Waals surface area contributed by atoms with Gasteiger partial charge in [-0.15, -0.1) is 0 Å². The van der Waals surface area contributed by atoms with Gasteiger partial charge in [0.25, 0.3) is 5.91 Å². The second kappa shape index (κ2) is 10.3. The van der Waals surface area contributed by atoms with Gasteiger partial charge in [-0.05, 0) is 47.9 Å². The normalized spacial score (nSPS) is 16.6. The number of carbonyl (C=O) groups excluding carboxylic acids is 3. The predicted molar refractivity (Wildman–Crippen MR) is 147 cm³/mol. The zero-order chi connectivity index (χ0) is 27.8. The molecule has 9 nitrogen and oxygen atoms in total. The van der Waals surface area contributed by atoms with Crippen LogP contribution in [0.3, 0.4) is 0 Å². The van der Waals surface area contributed by atoms with E-state index in [4.69, 9.17) is 14.5 Å². The van der Waals surface area contributed by atoms with Crippen molar-refractivity contribution in [3.8, 4) is 34.0 Å². The number of benzene rings is 3. The number of fused-ring (bicyclic) bond motifs is 1. The number of aromatic nitrogens is 2. The van der Waals surface area contributed by atoms with E-state index >= 15 is 0 Å². The van der Waals surface area contributed by atoms with E-state index in [2.05, 4.69) is 5.32 Å². The molecule has 3 amide bonds. The molecule has 202 valence electrons. The molecule has 2 aliphatic rings. The molecule has 0 bridgehead atoms. The molecular weight excluding hydrogens is 508 g/mol. The summed E-state index contributed by atoms with van der Waals surface area (Å²) in [5, 5.41) is 2.35. The number of methoxy groups -OCH3 is 1. The number of ether oxygens (including phenoxy) is 2. The van der Waals surface area contributed by atoms with Crippen molar-refractivity contribution in [3.05, 3.63) is 89.7 Å². The maximum absolute atomic E-state index is 13.1. The lowest BCUT2D eigenvalue weighted by molar-refractivity contribution is -0.136. The zero-order valence-electron chi connectivity index (χ0n) is 22.2. The van der Waals surface area contributed by atoms with Crippen molar-refractivity contribution in [1.29, 1.82) is 0 Å². The Hall–Kier alpha value is -4.92. The van der Waals surface area contributed by atoms with Gasteiger partial charge in [-0.1, -0.05) is 36.4 Å². The van der Waals surface area contributed by atoms with E-state index in [1.807, 2.05) is 72.3 Å². The minimum atomic E-state index is -0.653. The number of piperidine rings is 1. The number of hydrogen-bond acceptors (Lipinski definition) is 6. The minimum Gasteiger partial charge on any atom is -0.493 e. The van der Waals surface area contributed by atoms with Crippen molar-refractivity contribution in [3.63, 3.8) is 0 Å². The molecule has 1 aromatic heterocycles. The molecule has 1 unspecified atom stereocenters. The molecule has 40 heavy (non-hydrogen) atoms. The molecule has 3 heterocycles. The van der Waals surface area contributed by atoms with Crippen molar-refractivity contribution in [2.24, 2.45) is 7.05 Å². The van der Waals surface area contributed by atoms with Gasteiger partial charge in [0.05, 0.1) is 24.8 Å². The molecule has 9 heteroatoms. The highest BCUT2D eigenvalue weighted by Gasteiger charge is 2.39. The average molecular weight is 537 g/mol. The van der Waals surface area contributed by atoms with Crippen molar-refractivity contribution < 1.29 is 23.9 Å². The fourth-order valence-corrected chi connectivity index (χ4v) is 5.38. The van der Waals surface area contributed by atoms with E-state index in [0.29, 0.717) is 36.6 Å². The third kappa shape index (κ3) is 4.59. The van der Waals surface area contributed by atoms with Gasteiger partial charge in [0, 0.05) is 36.7 Å². The van der Waals surface area contributed by atoms with Crippen molar-refractivity contribution in [2.75, 3.05) is 7.11 Å². The summed E-state index contributed by atoms with van der Waals surface area (Å²) < 4.78 is 13.6. The second-order valence-corrected chi connectivity index (χ2v) is 9.96. The highest BCUT2D eigenvalue weighted by Crippen LogP contribution is 2.38. The van der Waals surface area contributed by atoms with Crippen molar-refractivity contribution in [1.82, 2.24) is 19.8 Å². The van der Waals surface area contributed by atoms with Gasteiger partial charge < -0.3 is 18.9 Å². The Bertz CT molecular complexity index is 1630. The second-order valence-electron chi connectivity index (χ2n) is 9.96. The number of aryl methyl sites for hydroxylation is 1. The number of amides is 3. The molecule has 6 rings (SSSR count). The van der Waals surface area contributed by atoms with Crippen LogP contribution in [0.2, 0.25) is 0 Å². The van der Waals surface area contributed by atoms with Crippen LogP contribution in [0.4, 0.5) is 0 Å². The first kappa shape index (κ1) is 25.4. The van der Waals surface area contributed by atoms with E-state index in [1.165, 1.54) is 0 Å². The Balaban J connectivity index is 1.30. The summed E-state index contributed by atoms with van der Waals surface area (Å²) >= 11 is 0. The number of nitrogens with one attached hydrogen (secondary N) is 1. The van der Waals surface area contributed by atoms with E-state index in [-0.39, 0.29) is 18.2 Å². The molecular formula is C31H28N4O5. The molecule has 0 saturated carbocycles. The van der Waals surface area contributed by atoms with Crippen molar-refractivity contribution >= 4 is 17.7 Å². The fourth-order valence-electron chi connectivity index (χ4n) is 5.38. The number of rotatable bonds is 7. The van der Waals surface area contributed by atoms with Crippen molar-refractivity contribution in [2.45, 2.75) is 32.0 Å². The fraction of sp³-hybridized carbons (Fsp3) is 0.226. The topological polar surface area (TPSA) is 103 Å². The number of imide groups is 1. The van der Waals surface area contributed by atoms with E-state index in [9.17, 15) is 14.4 Å². The first-order valence-electron chi connectivity index (χ1n) is 13.1. The van der Waals surface area contributed by atoms with Crippen LogP contribution >= 0.6 is 0 Å². The largest absolute Gasteiger partial charge is 0.493 e. The maximum Gasteiger partial charge on any atom is 0.255 e. The molecule has 0 aliphatic carbocycles. The summed E-state index contributed by atoms with van der Waals surface area (Å²) in [5.74, 6) is 0.327. The number of hydrogen-bond donors (Lipinski definition) is 1. The maximum atomic E-state index is 13.1. The first-order chi connectivity index (χ1) is 19.4. The average Bonchev–Trinajstić information content (AvgIpc) is 3.51.